The van der Waals surface area contributed by atoms with Gasteiger partial charge in [0.1, 0.15) is 5.58 Å². The molecule has 5 heteroatoms. The predicted octanol–water partition coefficient (Wildman–Crippen LogP) is 5.85. The summed E-state index contributed by atoms with van der Waals surface area (Å²) in [4.78, 5) is 28.9. The molecule has 32 heavy (non-hydrogen) atoms. The van der Waals surface area contributed by atoms with Crippen LogP contribution in [0.3, 0.4) is 0 Å². The topological polar surface area (TPSA) is 50.5 Å². The van der Waals surface area contributed by atoms with Crippen molar-refractivity contribution in [2.45, 2.75) is 26.3 Å². The fourth-order valence-corrected chi connectivity index (χ4v) is 4.62. The van der Waals surface area contributed by atoms with Gasteiger partial charge in [-0.15, -0.1) is 0 Å². The second kappa shape index (κ2) is 7.95. The normalized spacial score (nSPS) is 15.4. The van der Waals surface area contributed by atoms with Crippen LogP contribution < -0.4 is 5.43 Å². The van der Waals surface area contributed by atoms with E-state index in [1.54, 1.807) is 11.0 Å². The first-order chi connectivity index (χ1) is 15.4. The Labute approximate surface area is 191 Å². The van der Waals surface area contributed by atoms with Crippen LogP contribution in [0.25, 0.3) is 11.0 Å². The van der Waals surface area contributed by atoms with Gasteiger partial charge in [0.2, 0.25) is 5.76 Å². The Bertz CT molecular complexity index is 1410. The van der Waals surface area contributed by atoms with Crippen LogP contribution in [-0.2, 0) is 6.42 Å². The quantitative estimate of drug-likeness (QED) is 0.397. The molecule has 4 aromatic rings. The summed E-state index contributed by atoms with van der Waals surface area (Å²) in [5, 5.41) is 1.06. The number of hydrogen-bond donors (Lipinski definition) is 0. The van der Waals surface area contributed by atoms with Crippen LogP contribution in [-0.4, -0.2) is 17.4 Å². The second-order valence-corrected chi connectivity index (χ2v) is 8.73. The molecule has 0 spiro atoms. The highest BCUT2D eigenvalue weighted by molar-refractivity contribution is 6.30. The Morgan fingerprint density at radius 3 is 2.44 bits per heavy atom. The molecular weight excluding hydrogens is 422 g/mol. The molecule has 0 N–H and O–H groups in total. The molecule has 1 aliphatic rings. The Morgan fingerprint density at radius 2 is 1.69 bits per heavy atom. The molecule has 5 rings (SSSR count). The summed E-state index contributed by atoms with van der Waals surface area (Å²) >= 11 is 6.28. The van der Waals surface area contributed by atoms with Crippen molar-refractivity contribution in [2.24, 2.45) is 0 Å². The highest BCUT2D eigenvalue weighted by Crippen LogP contribution is 2.39. The zero-order chi connectivity index (χ0) is 22.4. The van der Waals surface area contributed by atoms with Crippen molar-refractivity contribution in [3.8, 4) is 0 Å². The number of hydrogen-bond acceptors (Lipinski definition) is 3. The van der Waals surface area contributed by atoms with Crippen LogP contribution in [0, 0.1) is 13.8 Å². The molecule has 1 amide bonds. The lowest BCUT2D eigenvalue weighted by molar-refractivity contribution is 0.0730. The number of rotatable bonds is 4. The number of amides is 1. The monoisotopic (exact) mass is 443 g/mol. The Kier molecular flexibility index (Phi) is 5.10. The Hall–Kier alpha value is -3.37. The lowest BCUT2D eigenvalue weighted by Gasteiger charge is -2.25. The molecule has 1 aromatic heterocycles. The third-order valence-corrected chi connectivity index (χ3v) is 6.47. The van der Waals surface area contributed by atoms with Gasteiger partial charge < -0.3 is 9.32 Å². The van der Waals surface area contributed by atoms with Crippen molar-refractivity contribution in [1.29, 1.82) is 0 Å². The van der Waals surface area contributed by atoms with Crippen LogP contribution in [0.2, 0.25) is 5.02 Å². The lowest BCUT2D eigenvalue weighted by Crippen LogP contribution is -2.31. The van der Waals surface area contributed by atoms with Crippen molar-refractivity contribution in [3.63, 3.8) is 0 Å². The van der Waals surface area contributed by atoms with Gasteiger partial charge in [0.05, 0.1) is 17.0 Å². The van der Waals surface area contributed by atoms with Gasteiger partial charge in [-0.05, 0) is 66.8 Å². The standard InChI is InChI=1S/C27H22ClNO3/c1-16-13-21-22(14-17(16)2)32-26-23(25(21)30)24(19-9-6-10-20(28)15-19)29(27(26)31)12-11-18-7-4-3-5-8-18/h3-10,13-15,24H,11-12H2,1-2H3. The molecular formula is C27H22ClNO3. The predicted molar refractivity (Wildman–Crippen MR) is 126 cm³/mol. The first-order valence-electron chi connectivity index (χ1n) is 10.6. The van der Waals surface area contributed by atoms with E-state index in [9.17, 15) is 9.59 Å². The van der Waals surface area contributed by atoms with E-state index >= 15 is 0 Å². The summed E-state index contributed by atoms with van der Waals surface area (Å²) < 4.78 is 6.07. The van der Waals surface area contributed by atoms with Crippen molar-refractivity contribution in [3.05, 3.63) is 116 Å². The molecule has 0 fully saturated rings. The number of fused-ring (bicyclic) bond motifs is 2. The minimum Gasteiger partial charge on any atom is -0.450 e. The van der Waals surface area contributed by atoms with Crippen LogP contribution >= 0.6 is 11.6 Å². The summed E-state index contributed by atoms with van der Waals surface area (Å²) in [5.74, 6) is -0.137. The van der Waals surface area contributed by atoms with E-state index in [4.69, 9.17) is 16.0 Å². The maximum atomic E-state index is 13.6. The first-order valence-corrected chi connectivity index (χ1v) is 11.0. The number of carbonyl (C=O) groups excluding carboxylic acids is 1. The number of benzene rings is 3. The molecule has 4 nitrogen and oxygen atoms in total. The summed E-state index contributed by atoms with van der Waals surface area (Å²) in [7, 11) is 0. The summed E-state index contributed by atoms with van der Waals surface area (Å²) in [6.07, 6.45) is 0.670. The maximum absolute atomic E-state index is 13.6. The maximum Gasteiger partial charge on any atom is 0.290 e. The van der Waals surface area contributed by atoms with Gasteiger partial charge >= 0.3 is 0 Å². The average molecular weight is 444 g/mol. The van der Waals surface area contributed by atoms with E-state index in [0.717, 1.165) is 22.3 Å². The van der Waals surface area contributed by atoms with Gasteiger partial charge in [-0.25, -0.2) is 0 Å². The molecule has 1 atom stereocenters. The fraction of sp³-hybridized carbons (Fsp3) is 0.185. The lowest BCUT2D eigenvalue weighted by atomic mass is 9.97. The van der Waals surface area contributed by atoms with Gasteiger partial charge in [0.15, 0.2) is 5.43 Å². The van der Waals surface area contributed by atoms with Gasteiger partial charge in [0, 0.05) is 11.6 Å². The van der Waals surface area contributed by atoms with Crippen LogP contribution in [0.15, 0.2) is 75.9 Å². The summed E-state index contributed by atoms with van der Waals surface area (Å²) in [6.45, 7) is 4.38. The highest BCUT2D eigenvalue weighted by atomic mass is 35.5. The third kappa shape index (κ3) is 3.41. The second-order valence-electron chi connectivity index (χ2n) is 8.30. The SMILES string of the molecule is Cc1cc2oc3c(c(=O)c2cc1C)C(c1cccc(Cl)c1)N(CCc1ccccc1)C3=O. The first kappa shape index (κ1) is 20.5. The van der Waals surface area contributed by atoms with E-state index in [-0.39, 0.29) is 17.1 Å². The molecule has 0 radical (unpaired) electrons. The molecule has 160 valence electrons. The van der Waals surface area contributed by atoms with Crippen molar-refractivity contribution in [2.75, 3.05) is 6.54 Å². The molecule has 0 bridgehead atoms. The van der Waals surface area contributed by atoms with E-state index in [1.165, 1.54) is 0 Å². The number of aryl methyl sites for hydroxylation is 2. The molecule has 1 unspecified atom stereocenters. The Balaban J connectivity index is 1.68. The van der Waals surface area contributed by atoms with Gasteiger partial charge in [0.25, 0.3) is 5.91 Å². The van der Waals surface area contributed by atoms with Crippen molar-refractivity contribution in [1.82, 2.24) is 4.90 Å². The zero-order valence-corrected chi connectivity index (χ0v) is 18.6. The van der Waals surface area contributed by atoms with Crippen LogP contribution in [0.1, 0.15) is 44.4 Å². The van der Waals surface area contributed by atoms with Crippen LogP contribution in [0.5, 0.6) is 0 Å². The largest absolute Gasteiger partial charge is 0.450 e. The summed E-state index contributed by atoms with van der Waals surface area (Å²) in [6, 6.07) is 20.5. The molecule has 0 saturated heterocycles. The fourth-order valence-electron chi connectivity index (χ4n) is 4.42. The summed E-state index contributed by atoms with van der Waals surface area (Å²) in [5.41, 5.74) is 4.61. The molecule has 0 aliphatic carbocycles. The smallest absolute Gasteiger partial charge is 0.290 e. The molecule has 0 saturated carbocycles. The van der Waals surface area contributed by atoms with E-state index in [1.807, 2.05) is 74.5 Å². The number of halogens is 1. The van der Waals surface area contributed by atoms with Gasteiger partial charge in [-0.2, -0.15) is 0 Å². The van der Waals surface area contributed by atoms with Crippen LogP contribution in [0.4, 0.5) is 0 Å². The zero-order valence-electron chi connectivity index (χ0n) is 17.9. The molecule has 2 heterocycles. The number of carbonyl (C=O) groups is 1. The minimum absolute atomic E-state index is 0.129. The van der Waals surface area contributed by atoms with Gasteiger partial charge in [-0.1, -0.05) is 54.1 Å². The van der Waals surface area contributed by atoms with Crippen molar-refractivity contribution >= 4 is 28.5 Å². The Morgan fingerprint density at radius 1 is 0.938 bits per heavy atom. The van der Waals surface area contributed by atoms with E-state index in [2.05, 4.69) is 0 Å². The molecule has 1 aliphatic heterocycles. The van der Waals surface area contributed by atoms with E-state index < -0.39 is 6.04 Å². The average Bonchev–Trinajstić information content (AvgIpc) is 3.06. The van der Waals surface area contributed by atoms with E-state index in [0.29, 0.717) is 34.5 Å². The third-order valence-electron chi connectivity index (χ3n) is 6.23. The van der Waals surface area contributed by atoms with Crippen molar-refractivity contribution < 1.29 is 9.21 Å². The minimum atomic E-state index is -0.540. The highest BCUT2D eigenvalue weighted by Gasteiger charge is 2.42. The number of nitrogens with zero attached hydrogens (tertiary/aromatic N) is 1. The molecule has 3 aromatic carbocycles. The van der Waals surface area contributed by atoms with Gasteiger partial charge in [-0.3, -0.25) is 9.59 Å².